The van der Waals surface area contributed by atoms with Gasteiger partial charge in [-0.2, -0.15) is 0 Å². The molecule has 0 bridgehead atoms. The van der Waals surface area contributed by atoms with E-state index in [9.17, 15) is 0 Å². The van der Waals surface area contributed by atoms with Crippen molar-refractivity contribution in [1.29, 1.82) is 0 Å². The van der Waals surface area contributed by atoms with Crippen molar-refractivity contribution >= 4 is 28.7 Å². The van der Waals surface area contributed by atoms with E-state index in [1.807, 2.05) is 97.3 Å². The third-order valence-corrected chi connectivity index (χ3v) is 10.3. The molecule has 6 nitrogen and oxygen atoms in total. The zero-order valence-electron chi connectivity index (χ0n) is 36.5. The number of nitrogens with zero attached hydrogens (tertiary/aromatic N) is 6. The molecule has 4 heterocycles. The maximum atomic E-state index is 4.52. The zero-order chi connectivity index (χ0) is 42.3. The quantitative estimate of drug-likeness (QED) is 0.0955. The van der Waals surface area contributed by atoms with E-state index in [0.717, 1.165) is 29.2 Å². The maximum absolute atomic E-state index is 4.52. The van der Waals surface area contributed by atoms with Gasteiger partial charge in [0.15, 0.2) is 0 Å². The average molecular weight is 1070 g/mol. The summed E-state index contributed by atoms with van der Waals surface area (Å²) in [6, 6.07) is 65.2. The molecular weight excluding hydrogens is 1020 g/mol. The van der Waals surface area contributed by atoms with Gasteiger partial charge in [0.1, 0.15) is 0 Å². The number of hydrogen-bond donors (Lipinski definition) is 0. The van der Waals surface area contributed by atoms with E-state index in [2.05, 4.69) is 172 Å². The van der Waals surface area contributed by atoms with Gasteiger partial charge in [0.05, 0.1) is 0 Å². The number of hydrogen-bond acceptors (Lipinski definition) is 4. The van der Waals surface area contributed by atoms with Gasteiger partial charge >= 0.3 is 68.3 Å². The second-order valence-electron chi connectivity index (χ2n) is 15.0. The third kappa shape index (κ3) is 20.9. The Morgan fingerprint density at radius 1 is 0.391 bits per heavy atom. The van der Waals surface area contributed by atoms with Crippen molar-refractivity contribution in [1.82, 2.24) is 19.9 Å². The summed E-state index contributed by atoms with van der Waals surface area (Å²) in [4.78, 5) is 21.7. The smallest absolute Gasteiger partial charge is 0.472 e. The van der Waals surface area contributed by atoms with Crippen LogP contribution in [0.25, 0.3) is 10.3 Å². The van der Waals surface area contributed by atoms with Crippen LogP contribution in [0.3, 0.4) is 0 Å². The van der Waals surface area contributed by atoms with Crippen LogP contribution in [0.1, 0.15) is 33.6 Å². The van der Waals surface area contributed by atoms with Gasteiger partial charge in [-0.3, -0.25) is 9.97 Å². The topological polar surface area (TPSA) is 79.8 Å². The van der Waals surface area contributed by atoms with Gasteiger partial charge in [-0.25, -0.2) is 0 Å². The van der Waals surface area contributed by atoms with Gasteiger partial charge in [-0.05, 0) is 0 Å². The van der Waals surface area contributed by atoms with Gasteiger partial charge in [0, 0.05) is 40.8 Å². The Balaban J connectivity index is 0.000000431. The second kappa shape index (κ2) is 32.1. The van der Waals surface area contributed by atoms with Gasteiger partial charge < -0.3 is 20.3 Å². The molecule has 64 heavy (non-hydrogen) atoms. The van der Waals surface area contributed by atoms with Gasteiger partial charge in [0.25, 0.3) is 0 Å². The largest absolute Gasteiger partial charge is 1.00 e. The van der Waals surface area contributed by atoms with E-state index >= 15 is 0 Å². The molecule has 0 N–H and O–H groups in total. The number of pyridine rings is 4. The Bertz CT molecular complexity index is 2000. The molecule has 344 valence electrons. The normalized spacial score (nSPS) is 9.66. The molecule has 8 aromatic rings. The van der Waals surface area contributed by atoms with Crippen molar-refractivity contribution in [2.24, 2.45) is 0 Å². The van der Waals surface area contributed by atoms with Crippen molar-refractivity contribution in [3.05, 3.63) is 275 Å². The van der Waals surface area contributed by atoms with Crippen molar-refractivity contribution < 1.29 is 68.3 Å². The van der Waals surface area contributed by atoms with Crippen molar-refractivity contribution in [2.45, 2.75) is 32.7 Å². The molecule has 0 unspecified atom stereocenters. The van der Waals surface area contributed by atoms with E-state index in [4.69, 9.17) is 0 Å². The van der Waals surface area contributed by atoms with Gasteiger partial charge in [0.2, 0.25) is 0 Å². The first-order valence-corrected chi connectivity index (χ1v) is 26.8. The van der Waals surface area contributed by atoms with Crippen LogP contribution in [0.5, 0.6) is 0 Å². The van der Waals surface area contributed by atoms with Gasteiger partial charge in [-0.15, -0.1) is 48.5 Å². The summed E-state index contributed by atoms with van der Waals surface area (Å²) < 4.78 is 0. The van der Waals surface area contributed by atoms with Crippen molar-refractivity contribution in [2.75, 3.05) is 6.17 Å². The van der Waals surface area contributed by atoms with E-state index in [1.54, 1.807) is 12.4 Å². The summed E-state index contributed by atoms with van der Waals surface area (Å²) in [5.74, 6) is 4.07. The predicted octanol–water partition coefficient (Wildman–Crippen LogP) is 13.2. The van der Waals surface area contributed by atoms with Crippen LogP contribution in [0.2, 0.25) is 32.7 Å². The summed E-state index contributed by atoms with van der Waals surface area (Å²) in [5.41, 5.74) is 6.75. The third-order valence-electron chi connectivity index (χ3n) is 8.46. The number of rotatable bonds is 11. The van der Waals surface area contributed by atoms with E-state index in [0.29, 0.717) is 0 Å². The predicted molar refractivity (Wildman–Crippen MR) is 257 cm³/mol. The summed E-state index contributed by atoms with van der Waals surface area (Å²) >= 11 is 0. The molecule has 0 aliphatic rings. The second-order valence-corrected chi connectivity index (χ2v) is 22.8. The monoisotopic (exact) mass is 1070 g/mol. The van der Waals surface area contributed by atoms with E-state index < -0.39 is 17.0 Å². The molecule has 0 saturated carbocycles. The zero-order valence-corrected chi connectivity index (χ0v) is 42.4. The van der Waals surface area contributed by atoms with Crippen LogP contribution in [0, 0.1) is 11.8 Å². The minimum absolute atomic E-state index is 0. The fourth-order valence-corrected chi connectivity index (χ4v) is 7.22. The number of benzene rings is 4. The Morgan fingerprint density at radius 3 is 0.953 bits per heavy atom. The van der Waals surface area contributed by atoms with Crippen LogP contribution < -0.4 is 0 Å². The van der Waals surface area contributed by atoms with Crippen LogP contribution in [-0.4, -0.2) is 43.1 Å². The van der Waals surface area contributed by atoms with Crippen LogP contribution in [0.4, 0.5) is 11.6 Å². The first-order chi connectivity index (χ1) is 29.3. The van der Waals surface area contributed by atoms with E-state index in [-0.39, 0.29) is 68.3 Å². The fraction of sp³-hybridized carbons (Fsp3) is 0.115. The maximum Gasteiger partial charge on any atom is 1.00 e. The summed E-state index contributed by atoms with van der Waals surface area (Å²) in [6.45, 7) is 11.2. The molecule has 0 amide bonds. The average Bonchev–Trinajstić information content (AvgIpc) is 3.29. The minimum atomic E-state index is -1.34. The van der Waals surface area contributed by atoms with Crippen LogP contribution >= 0.6 is 0 Å². The minimum Gasteiger partial charge on any atom is -0.472 e. The first-order valence-electron chi connectivity index (χ1n) is 20.3. The SMILES string of the molecule is C[SiH](C)C[N-]c1ccccn1.C[Si](C)(C)[N-]c1ccccn1.[Cu+].[Cu+].[Cu+].[Cu+].c1ccc([C-](c2ccccc2)c2ccccn2)cc1.c1ccc([C-](c2ccccc2)c2ccccn2)cc1. The van der Waals surface area contributed by atoms with Crippen LogP contribution in [0.15, 0.2) is 219 Å². The Hall–Kier alpha value is -4.67. The summed E-state index contributed by atoms with van der Waals surface area (Å²) in [6.07, 6.45) is 8.22. The molecule has 12 heteroatoms. The van der Waals surface area contributed by atoms with Crippen molar-refractivity contribution in [3.63, 3.8) is 0 Å². The summed E-state index contributed by atoms with van der Waals surface area (Å²) in [7, 11) is -1.88. The number of aromatic nitrogens is 4. The molecule has 8 rings (SSSR count). The summed E-state index contributed by atoms with van der Waals surface area (Å²) in [5, 5.41) is 4.36. The fourth-order valence-electron chi connectivity index (χ4n) is 5.85. The molecule has 0 aliphatic heterocycles. The molecule has 0 fully saturated rings. The molecule has 0 saturated heterocycles. The Kier molecular flexibility index (Phi) is 28.7. The van der Waals surface area contributed by atoms with Gasteiger partial charge in [-0.1, -0.05) is 243 Å². The molecular formula is C52H54Cu4N6Si2. The Labute approximate surface area is 427 Å². The molecule has 0 aliphatic carbocycles. The van der Waals surface area contributed by atoms with Crippen LogP contribution in [-0.2, 0) is 68.3 Å². The molecule has 0 atom stereocenters. The first kappa shape index (κ1) is 57.3. The van der Waals surface area contributed by atoms with Crippen molar-refractivity contribution in [3.8, 4) is 0 Å². The molecule has 0 spiro atoms. The van der Waals surface area contributed by atoms with E-state index in [1.165, 1.54) is 34.1 Å². The molecule has 0 radical (unpaired) electrons. The standard InChI is InChI=1S/2C18H14N.2C8H13N2Si.4Cu/c2*1-3-9-15(10-4-1)18(16-11-5-2-6-12-16)17-13-7-8-14-19-17;1-11(2,3)10-8-6-4-5-7-9-8;1-11(2)7-10-8-5-3-4-6-9-8;;;;/h2*1-14H;4-7H,1-3H3;3-6,11H,7H2,1-2H3;;;;/q4*-1;4*+1. The molecule has 4 aromatic heterocycles. The molecule has 4 aromatic carbocycles. The Morgan fingerprint density at radius 2 is 0.688 bits per heavy atom.